The fourth-order valence-corrected chi connectivity index (χ4v) is 4.26. The summed E-state index contributed by atoms with van der Waals surface area (Å²) in [6, 6.07) is 3.40. The highest BCUT2D eigenvalue weighted by molar-refractivity contribution is 5.93. The molecule has 6 nitrogen and oxygen atoms in total. The molecule has 1 aromatic heterocycles. The van der Waals surface area contributed by atoms with E-state index in [9.17, 15) is 14.7 Å². The monoisotopic (exact) mass is 345 g/mol. The number of aromatic nitrogens is 1. The predicted molar refractivity (Wildman–Crippen MR) is 96.0 cm³/mol. The van der Waals surface area contributed by atoms with E-state index in [-0.39, 0.29) is 17.2 Å². The predicted octanol–water partition coefficient (Wildman–Crippen LogP) is 2.44. The first-order valence-corrected chi connectivity index (χ1v) is 9.13. The summed E-state index contributed by atoms with van der Waals surface area (Å²) in [5.41, 5.74) is 0.751. The Balaban J connectivity index is 1.65. The second-order valence-electron chi connectivity index (χ2n) is 7.48. The maximum absolute atomic E-state index is 11.6. The van der Waals surface area contributed by atoms with Crippen LogP contribution in [0.3, 0.4) is 0 Å². The van der Waals surface area contributed by atoms with Gasteiger partial charge in [-0.3, -0.25) is 14.5 Å². The zero-order valence-corrected chi connectivity index (χ0v) is 15.1. The van der Waals surface area contributed by atoms with Crippen molar-refractivity contribution >= 4 is 17.6 Å². The van der Waals surface area contributed by atoms with E-state index < -0.39 is 5.97 Å². The summed E-state index contributed by atoms with van der Waals surface area (Å²) in [5.74, 6) is 0.241. The van der Waals surface area contributed by atoms with Gasteiger partial charge in [0.05, 0.1) is 0 Å². The van der Waals surface area contributed by atoms with Crippen LogP contribution in [-0.4, -0.2) is 59.0 Å². The number of likely N-dealkylation sites (tertiary alicyclic amines) is 1. The SMILES string of the molecule is CCCN1CC2(CCN(c3ccc(C(C)=O)cn3)CC2)C[C@H]1C(=O)O. The number of hydrogen-bond donors (Lipinski definition) is 1. The first-order valence-electron chi connectivity index (χ1n) is 9.13. The average molecular weight is 345 g/mol. The summed E-state index contributed by atoms with van der Waals surface area (Å²) >= 11 is 0. The Kier molecular flexibility index (Phi) is 5.08. The van der Waals surface area contributed by atoms with Crippen LogP contribution in [0.25, 0.3) is 0 Å². The van der Waals surface area contributed by atoms with Crippen molar-refractivity contribution in [1.82, 2.24) is 9.88 Å². The van der Waals surface area contributed by atoms with E-state index in [1.54, 1.807) is 13.1 Å². The number of pyridine rings is 1. The van der Waals surface area contributed by atoms with Gasteiger partial charge >= 0.3 is 5.97 Å². The van der Waals surface area contributed by atoms with Crippen LogP contribution in [0.1, 0.15) is 49.9 Å². The third-order valence-electron chi connectivity index (χ3n) is 5.70. The zero-order valence-electron chi connectivity index (χ0n) is 15.1. The highest BCUT2D eigenvalue weighted by atomic mass is 16.4. The number of carboxylic acid groups (broad SMARTS) is 1. The molecule has 0 saturated carbocycles. The highest BCUT2D eigenvalue weighted by Gasteiger charge is 2.47. The molecule has 25 heavy (non-hydrogen) atoms. The molecule has 0 bridgehead atoms. The number of Topliss-reactive ketones (excluding diaryl/α,β-unsaturated/α-hetero) is 1. The number of rotatable bonds is 5. The van der Waals surface area contributed by atoms with Crippen molar-refractivity contribution in [3.8, 4) is 0 Å². The number of carbonyl (C=O) groups is 2. The molecule has 0 aliphatic carbocycles. The number of aliphatic carboxylic acids is 1. The Bertz CT molecular complexity index is 636. The molecule has 3 heterocycles. The fraction of sp³-hybridized carbons (Fsp3) is 0.632. The molecule has 2 fully saturated rings. The molecule has 0 aromatic carbocycles. The van der Waals surface area contributed by atoms with Crippen LogP contribution in [-0.2, 0) is 4.79 Å². The van der Waals surface area contributed by atoms with E-state index in [1.807, 2.05) is 12.1 Å². The minimum absolute atomic E-state index is 0.0262. The molecule has 1 aromatic rings. The highest BCUT2D eigenvalue weighted by Crippen LogP contribution is 2.44. The Morgan fingerprint density at radius 1 is 1.32 bits per heavy atom. The maximum Gasteiger partial charge on any atom is 0.320 e. The van der Waals surface area contributed by atoms with E-state index in [2.05, 4.69) is 21.7 Å². The van der Waals surface area contributed by atoms with Crippen molar-refractivity contribution in [2.45, 2.75) is 45.6 Å². The van der Waals surface area contributed by atoms with E-state index in [1.165, 1.54) is 0 Å². The molecular weight excluding hydrogens is 318 g/mol. The van der Waals surface area contributed by atoms with Crippen LogP contribution in [0.4, 0.5) is 5.82 Å². The Morgan fingerprint density at radius 3 is 2.56 bits per heavy atom. The van der Waals surface area contributed by atoms with Crippen molar-refractivity contribution in [3.05, 3.63) is 23.9 Å². The van der Waals surface area contributed by atoms with Gasteiger partial charge in [-0.2, -0.15) is 0 Å². The van der Waals surface area contributed by atoms with Crippen molar-refractivity contribution in [3.63, 3.8) is 0 Å². The number of ketones is 1. The van der Waals surface area contributed by atoms with Gasteiger partial charge < -0.3 is 10.0 Å². The molecule has 1 spiro atoms. The lowest BCUT2D eigenvalue weighted by Crippen LogP contribution is -2.42. The van der Waals surface area contributed by atoms with E-state index in [0.29, 0.717) is 5.56 Å². The van der Waals surface area contributed by atoms with Gasteiger partial charge in [-0.05, 0) is 56.7 Å². The lowest BCUT2D eigenvalue weighted by molar-refractivity contribution is -0.142. The number of nitrogens with zero attached hydrogens (tertiary/aromatic N) is 3. The Hall–Kier alpha value is -1.95. The molecule has 2 saturated heterocycles. The maximum atomic E-state index is 11.6. The van der Waals surface area contributed by atoms with E-state index in [0.717, 1.165) is 57.7 Å². The summed E-state index contributed by atoms with van der Waals surface area (Å²) in [7, 11) is 0. The molecule has 0 radical (unpaired) electrons. The third kappa shape index (κ3) is 3.68. The number of anilines is 1. The lowest BCUT2D eigenvalue weighted by atomic mass is 9.76. The van der Waals surface area contributed by atoms with Gasteiger partial charge in [0.1, 0.15) is 11.9 Å². The van der Waals surface area contributed by atoms with E-state index in [4.69, 9.17) is 0 Å². The Labute approximate surface area is 148 Å². The molecule has 0 unspecified atom stereocenters. The summed E-state index contributed by atoms with van der Waals surface area (Å²) in [6.45, 7) is 7.17. The van der Waals surface area contributed by atoms with Crippen LogP contribution < -0.4 is 4.90 Å². The second-order valence-corrected chi connectivity index (χ2v) is 7.48. The smallest absolute Gasteiger partial charge is 0.320 e. The van der Waals surface area contributed by atoms with Crippen LogP contribution in [0.15, 0.2) is 18.3 Å². The zero-order chi connectivity index (χ0) is 18.0. The topological polar surface area (TPSA) is 73.7 Å². The summed E-state index contributed by atoms with van der Waals surface area (Å²) in [4.78, 5) is 31.8. The molecule has 3 rings (SSSR count). The normalized spacial score (nSPS) is 23.1. The van der Waals surface area contributed by atoms with Gasteiger partial charge in [-0.25, -0.2) is 4.98 Å². The quantitative estimate of drug-likeness (QED) is 0.826. The van der Waals surface area contributed by atoms with Gasteiger partial charge in [0.2, 0.25) is 0 Å². The summed E-state index contributed by atoms with van der Waals surface area (Å²) in [6.07, 6.45) is 5.37. The van der Waals surface area contributed by atoms with Gasteiger partial charge in [-0.1, -0.05) is 6.92 Å². The lowest BCUT2D eigenvalue weighted by Gasteiger charge is -2.40. The molecule has 0 amide bonds. The number of piperidine rings is 1. The van der Waals surface area contributed by atoms with Crippen LogP contribution in [0.5, 0.6) is 0 Å². The van der Waals surface area contributed by atoms with Crippen molar-refractivity contribution < 1.29 is 14.7 Å². The van der Waals surface area contributed by atoms with Crippen molar-refractivity contribution in [1.29, 1.82) is 0 Å². The third-order valence-corrected chi connectivity index (χ3v) is 5.70. The first-order chi connectivity index (χ1) is 11.9. The van der Waals surface area contributed by atoms with Gasteiger partial charge in [0.25, 0.3) is 0 Å². The number of hydrogen-bond acceptors (Lipinski definition) is 5. The average Bonchev–Trinajstić information content (AvgIpc) is 2.94. The van der Waals surface area contributed by atoms with Crippen LogP contribution >= 0.6 is 0 Å². The van der Waals surface area contributed by atoms with Gasteiger partial charge in [0.15, 0.2) is 5.78 Å². The molecule has 2 aliphatic rings. The van der Waals surface area contributed by atoms with Gasteiger partial charge in [0, 0.05) is 31.4 Å². The molecule has 136 valence electrons. The largest absolute Gasteiger partial charge is 0.480 e. The number of carboxylic acids is 1. The summed E-state index contributed by atoms with van der Waals surface area (Å²) < 4.78 is 0. The summed E-state index contributed by atoms with van der Waals surface area (Å²) in [5, 5.41) is 9.54. The second kappa shape index (κ2) is 7.12. The molecule has 1 N–H and O–H groups in total. The molecular formula is C19H27N3O3. The van der Waals surface area contributed by atoms with Crippen LogP contribution in [0.2, 0.25) is 0 Å². The minimum Gasteiger partial charge on any atom is -0.480 e. The van der Waals surface area contributed by atoms with E-state index >= 15 is 0 Å². The molecule has 1 atom stereocenters. The minimum atomic E-state index is -0.686. The number of carbonyl (C=O) groups excluding carboxylic acids is 1. The molecule has 6 heteroatoms. The first kappa shape index (κ1) is 17.9. The standard InChI is InChI=1S/C19H27N3O3/c1-3-8-22-13-19(11-16(22)18(24)25)6-9-21(10-7-19)17-5-4-15(12-20-17)14(2)23/h4-5,12,16H,3,6-11,13H2,1-2H3,(H,24,25)/t16-/m0/s1. The molecule has 2 aliphatic heterocycles. The fourth-order valence-electron chi connectivity index (χ4n) is 4.26. The van der Waals surface area contributed by atoms with Gasteiger partial charge in [-0.15, -0.1) is 0 Å². The van der Waals surface area contributed by atoms with Crippen molar-refractivity contribution in [2.75, 3.05) is 31.1 Å². The Morgan fingerprint density at radius 2 is 2.04 bits per heavy atom. The van der Waals surface area contributed by atoms with Crippen LogP contribution in [0, 0.1) is 5.41 Å². The van der Waals surface area contributed by atoms with Crippen molar-refractivity contribution in [2.24, 2.45) is 5.41 Å².